The zero-order valence-corrected chi connectivity index (χ0v) is 18.4. The molecule has 1 amide bonds. The number of carboxylic acids is 1. The topological polar surface area (TPSA) is 142 Å². The number of aryl methyl sites for hydroxylation is 1. The number of nitroso groups, excluding NO2 is 1. The predicted molar refractivity (Wildman–Crippen MR) is 115 cm³/mol. The molecule has 10 nitrogen and oxygen atoms in total. The Hall–Kier alpha value is -3.14. The van der Waals surface area contributed by atoms with Gasteiger partial charge in [-0.25, -0.2) is 4.79 Å². The molecule has 1 aromatic carbocycles. The van der Waals surface area contributed by atoms with Crippen molar-refractivity contribution in [1.29, 1.82) is 0 Å². The van der Waals surface area contributed by atoms with Gasteiger partial charge in [0.1, 0.15) is 12.1 Å². The smallest absolute Gasteiger partial charge is 0.326 e. The van der Waals surface area contributed by atoms with Gasteiger partial charge >= 0.3 is 11.9 Å². The Morgan fingerprint density at radius 3 is 2.47 bits per heavy atom. The summed E-state index contributed by atoms with van der Waals surface area (Å²) in [7, 11) is 0. The Morgan fingerprint density at radius 1 is 1.28 bits per heavy atom. The Balaban J connectivity index is 2.16. The van der Waals surface area contributed by atoms with Crippen molar-refractivity contribution in [2.24, 2.45) is 5.18 Å². The van der Waals surface area contributed by atoms with Crippen LogP contribution in [0.25, 0.3) is 0 Å². The van der Waals surface area contributed by atoms with Crippen molar-refractivity contribution in [3.8, 4) is 0 Å². The number of Topliss-reactive ketones (excluding diaryl/α,β-unsaturated/α-hetero) is 1. The van der Waals surface area contributed by atoms with Crippen molar-refractivity contribution in [3.63, 3.8) is 0 Å². The summed E-state index contributed by atoms with van der Waals surface area (Å²) in [5, 5.41) is 15.3. The Morgan fingerprint density at radius 2 is 1.94 bits per heavy atom. The minimum Gasteiger partial charge on any atom is -0.480 e. The highest BCUT2D eigenvalue weighted by molar-refractivity contribution is 5.93. The summed E-state index contributed by atoms with van der Waals surface area (Å²) < 4.78 is 5.12. The maximum Gasteiger partial charge on any atom is 0.326 e. The van der Waals surface area contributed by atoms with Crippen LogP contribution in [0, 0.1) is 4.91 Å². The number of hydrogen-bond donors (Lipinski definition) is 2. The second-order valence-electron chi connectivity index (χ2n) is 7.92. The third kappa shape index (κ3) is 5.76. The average molecular weight is 447 g/mol. The van der Waals surface area contributed by atoms with E-state index in [1.807, 2.05) is 30.3 Å². The van der Waals surface area contributed by atoms with Crippen LogP contribution in [0.15, 0.2) is 35.5 Å². The van der Waals surface area contributed by atoms with Crippen LogP contribution in [-0.4, -0.2) is 70.5 Å². The molecule has 0 saturated carbocycles. The molecule has 32 heavy (non-hydrogen) atoms. The van der Waals surface area contributed by atoms with E-state index in [0.717, 1.165) is 17.4 Å². The number of carboxylic acid groups (broad SMARTS) is 1. The lowest BCUT2D eigenvalue weighted by Crippen LogP contribution is -2.53. The fourth-order valence-corrected chi connectivity index (χ4v) is 3.81. The number of ketones is 1. The molecule has 1 unspecified atom stereocenters. The second kappa shape index (κ2) is 10.9. The van der Waals surface area contributed by atoms with E-state index >= 15 is 0 Å². The predicted octanol–water partition coefficient (Wildman–Crippen LogP) is 1.31. The fraction of sp³-hybridized carbons (Fsp3) is 0.545. The molecular formula is C22H29N3O7. The van der Waals surface area contributed by atoms with E-state index in [1.54, 1.807) is 6.92 Å². The molecule has 174 valence electrons. The highest BCUT2D eigenvalue weighted by Crippen LogP contribution is 2.32. The van der Waals surface area contributed by atoms with Gasteiger partial charge < -0.3 is 14.7 Å². The molecule has 1 aliphatic heterocycles. The van der Waals surface area contributed by atoms with Gasteiger partial charge in [0.05, 0.1) is 19.2 Å². The number of aliphatic carboxylic acids is 1. The van der Waals surface area contributed by atoms with Crippen LogP contribution in [0.4, 0.5) is 0 Å². The summed E-state index contributed by atoms with van der Waals surface area (Å²) in [4.78, 5) is 61.5. The van der Waals surface area contributed by atoms with Gasteiger partial charge in [0.2, 0.25) is 5.91 Å². The first-order valence-electron chi connectivity index (χ1n) is 10.5. The molecule has 0 spiro atoms. The van der Waals surface area contributed by atoms with Crippen LogP contribution < -0.4 is 5.32 Å². The molecule has 1 heterocycles. The van der Waals surface area contributed by atoms with Crippen LogP contribution in [0.3, 0.4) is 0 Å². The van der Waals surface area contributed by atoms with Gasteiger partial charge in [-0.1, -0.05) is 35.5 Å². The molecule has 0 aromatic heterocycles. The monoisotopic (exact) mass is 447 g/mol. The molecule has 10 heteroatoms. The van der Waals surface area contributed by atoms with Crippen molar-refractivity contribution >= 4 is 23.6 Å². The zero-order valence-electron chi connectivity index (χ0n) is 18.4. The van der Waals surface area contributed by atoms with Crippen LogP contribution in [0.1, 0.15) is 39.2 Å². The van der Waals surface area contributed by atoms with Crippen molar-refractivity contribution in [2.75, 3.05) is 13.2 Å². The Labute approximate surface area is 186 Å². The number of nitrogens with one attached hydrogen (secondary N) is 1. The standard InChI is InChI=1S/C22H29N3O7/c1-4-32-21(30)17(11-10-16-8-6-5-7-9-16)23-14(2)19(27)25-13-22(24-31,15(3)26)12-18(25)20(28)29/h5-9,14,17-18,23H,4,10-13H2,1-3H3,(H,28,29)/t14-,17-,18-,22?/m0/s1. The highest BCUT2D eigenvalue weighted by Gasteiger charge is 2.54. The number of carbonyl (C=O) groups excluding carboxylic acids is 3. The highest BCUT2D eigenvalue weighted by atomic mass is 16.5. The van der Waals surface area contributed by atoms with E-state index in [2.05, 4.69) is 10.5 Å². The van der Waals surface area contributed by atoms with Crippen molar-refractivity contribution in [2.45, 2.75) is 63.7 Å². The largest absolute Gasteiger partial charge is 0.480 e. The van der Waals surface area contributed by atoms with Gasteiger partial charge in [-0.3, -0.25) is 19.7 Å². The van der Waals surface area contributed by atoms with Gasteiger partial charge in [-0.05, 0) is 39.2 Å². The van der Waals surface area contributed by atoms with Crippen molar-refractivity contribution < 1.29 is 29.0 Å². The van der Waals surface area contributed by atoms with Gasteiger partial charge in [-0.15, -0.1) is 4.91 Å². The summed E-state index contributed by atoms with van der Waals surface area (Å²) in [6.07, 6.45) is 0.535. The van der Waals surface area contributed by atoms with Gasteiger partial charge in [0.25, 0.3) is 0 Å². The van der Waals surface area contributed by atoms with Crippen molar-refractivity contribution in [1.82, 2.24) is 10.2 Å². The third-order valence-electron chi connectivity index (χ3n) is 5.69. The Kier molecular flexibility index (Phi) is 8.59. The number of esters is 1. The third-order valence-corrected chi connectivity index (χ3v) is 5.69. The molecule has 2 N–H and O–H groups in total. The van der Waals surface area contributed by atoms with Gasteiger partial charge in [0, 0.05) is 6.42 Å². The van der Waals surface area contributed by atoms with Crippen LogP contribution in [0.2, 0.25) is 0 Å². The molecule has 4 atom stereocenters. The molecule has 1 aromatic rings. The number of rotatable bonds is 11. The molecule has 0 radical (unpaired) electrons. The van der Waals surface area contributed by atoms with E-state index in [1.165, 1.54) is 6.92 Å². The molecular weight excluding hydrogens is 418 g/mol. The fourth-order valence-electron chi connectivity index (χ4n) is 3.81. The summed E-state index contributed by atoms with van der Waals surface area (Å²) in [5.74, 6) is -3.09. The first-order chi connectivity index (χ1) is 15.1. The number of likely N-dealkylation sites (tertiary alicyclic amines) is 1. The molecule has 0 aliphatic carbocycles. The number of benzene rings is 1. The van der Waals surface area contributed by atoms with Gasteiger partial charge in [-0.2, -0.15) is 0 Å². The summed E-state index contributed by atoms with van der Waals surface area (Å²) in [6.45, 7) is 4.08. The van der Waals surface area contributed by atoms with E-state index in [0.29, 0.717) is 12.8 Å². The number of carbonyl (C=O) groups is 4. The van der Waals surface area contributed by atoms with Crippen LogP contribution in [0.5, 0.6) is 0 Å². The minimum absolute atomic E-state index is 0.171. The lowest BCUT2D eigenvalue weighted by Gasteiger charge is -2.28. The number of ether oxygens (including phenoxy) is 1. The molecule has 0 bridgehead atoms. The Bertz CT molecular complexity index is 860. The summed E-state index contributed by atoms with van der Waals surface area (Å²) in [5.41, 5.74) is -0.775. The molecule has 1 saturated heterocycles. The zero-order chi connectivity index (χ0) is 23.9. The molecule has 1 aliphatic rings. The number of amides is 1. The lowest BCUT2D eigenvalue weighted by molar-refractivity contribution is -0.150. The first-order valence-corrected chi connectivity index (χ1v) is 10.5. The summed E-state index contributed by atoms with van der Waals surface area (Å²) >= 11 is 0. The molecule has 2 rings (SSSR count). The quantitative estimate of drug-likeness (QED) is 0.382. The SMILES string of the molecule is CCOC(=O)[C@H](CCc1ccccc1)N[C@@H](C)C(=O)N1CC(N=O)(C(C)=O)C[C@H]1C(=O)O. The average Bonchev–Trinajstić information content (AvgIpc) is 3.18. The first kappa shape index (κ1) is 25.1. The van der Waals surface area contributed by atoms with Crippen molar-refractivity contribution in [3.05, 3.63) is 40.8 Å². The van der Waals surface area contributed by atoms with Gasteiger partial charge in [0.15, 0.2) is 11.3 Å². The van der Waals surface area contributed by atoms with Crippen LogP contribution >= 0.6 is 0 Å². The second-order valence-corrected chi connectivity index (χ2v) is 7.92. The normalized spacial score (nSPS) is 22.1. The van der Waals surface area contributed by atoms with E-state index in [4.69, 9.17) is 4.74 Å². The minimum atomic E-state index is -1.79. The maximum atomic E-state index is 13.1. The number of hydrogen-bond acceptors (Lipinski definition) is 8. The lowest BCUT2D eigenvalue weighted by atomic mass is 9.93. The van der Waals surface area contributed by atoms with E-state index in [9.17, 15) is 29.2 Å². The number of nitrogens with zero attached hydrogens (tertiary/aromatic N) is 2. The summed E-state index contributed by atoms with van der Waals surface area (Å²) in [6, 6.07) is 6.37. The van der Waals surface area contributed by atoms with E-state index < -0.39 is 53.8 Å². The van der Waals surface area contributed by atoms with E-state index in [-0.39, 0.29) is 13.0 Å². The molecule has 1 fully saturated rings. The van der Waals surface area contributed by atoms with Crippen LogP contribution in [-0.2, 0) is 30.3 Å². The maximum absolute atomic E-state index is 13.1.